The zero-order valence-electron chi connectivity index (χ0n) is 6.07. The summed E-state index contributed by atoms with van der Waals surface area (Å²) in [7, 11) is 0. The van der Waals surface area contributed by atoms with Gasteiger partial charge in [-0.1, -0.05) is 0 Å². The molecule has 0 aliphatic heterocycles. The van der Waals surface area contributed by atoms with Crippen LogP contribution >= 0.6 is 0 Å². The number of primary amides is 1. The summed E-state index contributed by atoms with van der Waals surface area (Å²) in [5.74, 6) is -1.73. The summed E-state index contributed by atoms with van der Waals surface area (Å²) in [5.41, 5.74) is 4.61. The third-order valence-corrected chi connectivity index (χ3v) is 1.37. The number of hydrogen-bond donors (Lipinski definition) is 2. The van der Waals surface area contributed by atoms with Gasteiger partial charge >= 0.3 is 0 Å². The number of aliphatic hydroxyl groups is 1. The molecule has 1 aromatic rings. The SMILES string of the molecule is NC(=O)C(O)c1ccncc1F. The molecule has 1 aromatic heterocycles. The standard InChI is InChI=1S/C7H7FN2O2/c8-5-3-10-2-1-4(5)6(11)7(9)12/h1-3,6,11H,(H2,9,12). The average molecular weight is 170 g/mol. The van der Waals surface area contributed by atoms with Crippen LogP contribution < -0.4 is 5.73 Å². The Balaban J connectivity index is 3.02. The summed E-state index contributed by atoms with van der Waals surface area (Å²) in [6.45, 7) is 0. The molecule has 0 fully saturated rings. The largest absolute Gasteiger partial charge is 0.378 e. The lowest BCUT2D eigenvalue weighted by Gasteiger charge is -2.05. The molecule has 0 spiro atoms. The molecule has 0 bridgehead atoms. The first kappa shape index (κ1) is 8.61. The number of pyridine rings is 1. The molecule has 0 saturated heterocycles. The monoisotopic (exact) mass is 170 g/mol. The first-order chi connectivity index (χ1) is 5.63. The molecule has 12 heavy (non-hydrogen) atoms. The van der Waals surface area contributed by atoms with Gasteiger partial charge in [0.15, 0.2) is 6.10 Å². The van der Waals surface area contributed by atoms with E-state index in [9.17, 15) is 9.18 Å². The molecule has 0 aliphatic rings. The summed E-state index contributed by atoms with van der Waals surface area (Å²) < 4.78 is 12.8. The fraction of sp³-hybridized carbons (Fsp3) is 0.143. The van der Waals surface area contributed by atoms with Gasteiger partial charge in [-0.15, -0.1) is 0 Å². The zero-order chi connectivity index (χ0) is 9.14. The van der Waals surface area contributed by atoms with Crippen molar-refractivity contribution in [2.45, 2.75) is 6.10 Å². The highest BCUT2D eigenvalue weighted by Crippen LogP contribution is 2.14. The molecule has 5 heteroatoms. The highest BCUT2D eigenvalue weighted by molar-refractivity contribution is 5.80. The van der Waals surface area contributed by atoms with Gasteiger partial charge in [0.05, 0.1) is 6.20 Å². The predicted octanol–water partition coefficient (Wildman–Crippen LogP) is -0.261. The molecule has 3 N–H and O–H groups in total. The van der Waals surface area contributed by atoms with Gasteiger partial charge in [0, 0.05) is 11.8 Å². The van der Waals surface area contributed by atoms with Gasteiger partial charge in [0.1, 0.15) is 5.82 Å². The van der Waals surface area contributed by atoms with E-state index in [-0.39, 0.29) is 5.56 Å². The van der Waals surface area contributed by atoms with Crippen LogP contribution in [0, 0.1) is 5.82 Å². The second kappa shape index (κ2) is 3.27. The number of carbonyl (C=O) groups is 1. The Labute approximate surface area is 67.8 Å². The summed E-state index contributed by atoms with van der Waals surface area (Å²) in [4.78, 5) is 13.9. The van der Waals surface area contributed by atoms with E-state index in [4.69, 9.17) is 10.8 Å². The number of hydrogen-bond acceptors (Lipinski definition) is 3. The fourth-order valence-electron chi connectivity index (χ4n) is 0.761. The van der Waals surface area contributed by atoms with Gasteiger partial charge in [-0.25, -0.2) is 4.39 Å². The number of aromatic nitrogens is 1. The van der Waals surface area contributed by atoms with Crippen LogP contribution in [-0.2, 0) is 4.79 Å². The van der Waals surface area contributed by atoms with Crippen molar-refractivity contribution in [1.82, 2.24) is 4.98 Å². The third kappa shape index (κ3) is 1.57. The number of nitrogens with zero attached hydrogens (tertiary/aromatic N) is 1. The van der Waals surface area contributed by atoms with Gasteiger partial charge in [0.2, 0.25) is 0 Å². The Morgan fingerprint density at radius 3 is 2.92 bits per heavy atom. The summed E-state index contributed by atoms with van der Waals surface area (Å²) in [6, 6.07) is 1.20. The quantitative estimate of drug-likeness (QED) is 0.642. The Kier molecular flexibility index (Phi) is 2.35. The van der Waals surface area contributed by atoms with Gasteiger partial charge in [-0.2, -0.15) is 0 Å². The van der Waals surface area contributed by atoms with Crippen LogP contribution in [0.3, 0.4) is 0 Å². The predicted molar refractivity (Wildman–Crippen MR) is 38.3 cm³/mol. The summed E-state index contributed by atoms with van der Waals surface area (Å²) >= 11 is 0. The van der Waals surface area contributed by atoms with E-state index in [2.05, 4.69) is 4.98 Å². The van der Waals surface area contributed by atoms with E-state index < -0.39 is 17.8 Å². The lowest BCUT2D eigenvalue weighted by molar-refractivity contribution is -0.126. The molecule has 0 aromatic carbocycles. The Bertz CT molecular complexity index is 303. The van der Waals surface area contributed by atoms with Crippen LogP contribution in [0.1, 0.15) is 11.7 Å². The minimum atomic E-state index is -1.60. The normalized spacial score (nSPS) is 12.5. The third-order valence-electron chi connectivity index (χ3n) is 1.37. The smallest absolute Gasteiger partial charge is 0.251 e. The first-order valence-electron chi connectivity index (χ1n) is 3.19. The molecule has 1 unspecified atom stereocenters. The topological polar surface area (TPSA) is 76.2 Å². The molecule has 0 radical (unpaired) electrons. The van der Waals surface area contributed by atoms with Gasteiger partial charge in [-0.05, 0) is 6.07 Å². The van der Waals surface area contributed by atoms with Crippen molar-refractivity contribution in [3.05, 3.63) is 29.8 Å². The molecule has 64 valence electrons. The lowest BCUT2D eigenvalue weighted by Crippen LogP contribution is -2.21. The maximum absolute atomic E-state index is 12.8. The second-order valence-corrected chi connectivity index (χ2v) is 2.20. The van der Waals surface area contributed by atoms with Crippen molar-refractivity contribution < 1.29 is 14.3 Å². The molecule has 1 amide bonds. The maximum Gasteiger partial charge on any atom is 0.251 e. The van der Waals surface area contributed by atoms with Crippen molar-refractivity contribution in [1.29, 1.82) is 0 Å². The molecule has 1 rings (SSSR count). The number of carbonyl (C=O) groups excluding carboxylic acids is 1. The highest BCUT2D eigenvalue weighted by Gasteiger charge is 2.17. The van der Waals surface area contributed by atoms with Crippen molar-refractivity contribution in [3.8, 4) is 0 Å². The molecular weight excluding hydrogens is 163 g/mol. The van der Waals surface area contributed by atoms with E-state index in [0.717, 1.165) is 6.20 Å². The summed E-state index contributed by atoms with van der Waals surface area (Å²) in [5, 5.41) is 9.04. The molecular formula is C7H7FN2O2. The van der Waals surface area contributed by atoms with Gasteiger partial charge < -0.3 is 10.8 Å². The minimum absolute atomic E-state index is 0.155. The highest BCUT2D eigenvalue weighted by atomic mass is 19.1. The van der Waals surface area contributed by atoms with E-state index in [1.165, 1.54) is 12.3 Å². The number of nitrogens with two attached hydrogens (primary N) is 1. The Morgan fingerprint density at radius 1 is 1.75 bits per heavy atom. The first-order valence-corrected chi connectivity index (χ1v) is 3.19. The van der Waals surface area contributed by atoms with Gasteiger partial charge in [0.25, 0.3) is 5.91 Å². The fourth-order valence-corrected chi connectivity index (χ4v) is 0.761. The maximum atomic E-state index is 12.8. The van der Waals surface area contributed by atoms with Crippen LogP contribution in [0.4, 0.5) is 4.39 Å². The number of aliphatic hydroxyl groups excluding tert-OH is 1. The van der Waals surface area contributed by atoms with E-state index in [0.29, 0.717) is 0 Å². The van der Waals surface area contributed by atoms with Gasteiger partial charge in [-0.3, -0.25) is 9.78 Å². The van der Waals surface area contributed by atoms with Crippen molar-refractivity contribution in [2.24, 2.45) is 5.73 Å². The van der Waals surface area contributed by atoms with Crippen molar-refractivity contribution in [3.63, 3.8) is 0 Å². The lowest BCUT2D eigenvalue weighted by atomic mass is 10.1. The van der Waals surface area contributed by atoms with Crippen molar-refractivity contribution >= 4 is 5.91 Å². The second-order valence-electron chi connectivity index (χ2n) is 2.20. The minimum Gasteiger partial charge on any atom is -0.378 e. The average Bonchev–Trinajstić information content (AvgIpc) is 2.04. The molecule has 1 atom stereocenters. The van der Waals surface area contributed by atoms with Crippen LogP contribution in [-0.4, -0.2) is 16.0 Å². The van der Waals surface area contributed by atoms with Crippen LogP contribution in [0.5, 0.6) is 0 Å². The Morgan fingerprint density at radius 2 is 2.42 bits per heavy atom. The summed E-state index contributed by atoms with van der Waals surface area (Å²) in [6.07, 6.45) is 0.569. The molecule has 0 aliphatic carbocycles. The number of rotatable bonds is 2. The number of halogens is 1. The number of amides is 1. The molecule has 0 saturated carbocycles. The molecule has 1 heterocycles. The van der Waals surface area contributed by atoms with E-state index >= 15 is 0 Å². The zero-order valence-corrected chi connectivity index (χ0v) is 6.07. The van der Waals surface area contributed by atoms with E-state index in [1.807, 2.05) is 0 Å². The molecule has 4 nitrogen and oxygen atoms in total. The van der Waals surface area contributed by atoms with Crippen LogP contribution in [0.2, 0.25) is 0 Å². The van der Waals surface area contributed by atoms with Crippen LogP contribution in [0.25, 0.3) is 0 Å². The Hall–Kier alpha value is -1.49. The van der Waals surface area contributed by atoms with E-state index in [1.54, 1.807) is 0 Å². The van der Waals surface area contributed by atoms with Crippen molar-refractivity contribution in [2.75, 3.05) is 0 Å². The van der Waals surface area contributed by atoms with Crippen LogP contribution in [0.15, 0.2) is 18.5 Å².